The number of aromatic nitrogens is 5. The largest absolute Gasteiger partial charge is 0.347 e. The molecule has 1 atom stereocenters. The van der Waals surface area contributed by atoms with E-state index in [2.05, 4.69) is 34.7 Å². The minimum atomic E-state index is -0.101. The van der Waals surface area contributed by atoms with Crippen LogP contribution in [-0.2, 0) is 0 Å². The molecule has 5 rings (SSSR count). The number of piperidine rings is 1. The van der Waals surface area contributed by atoms with Gasteiger partial charge in [0, 0.05) is 43.8 Å². The van der Waals surface area contributed by atoms with Gasteiger partial charge in [0.25, 0.3) is 5.91 Å². The van der Waals surface area contributed by atoms with Crippen molar-refractivity contribution < 1.29 is 4.79 Å². The third-order valence-electron chi connectivity index (χ3n) is 5.98. The van der Waals surface area contributed by atoms with E-state index in [-0.39, 0.29) is 11.9 Å². The average molecular weight is 391 g/mol. The highest BCUT2D eigenvalue weighted by molar-refractivity contribution is 5.96. The quantitative estimate of drug-likeness (QED) is 0.736. The van der Waals surface area contributed by atoms with E-state index >= 15 is 0 Å². The molecule has 0 bridgehead atoms. The van der Waals surface area contributed by atoms with E-state index in [4.69, 9.17) is 0 Å². The molecule has 8 heteroatoms. The van der Waals surface area contributed by atoms with Crippen LogP contribution in [0.1, 0.15) is 54.9 Å². The average Bonchev–Trinajstić information content (AvgIpc) is 3.43. The lowest BCUT2D eigenvalue weighted by atomic mass is 10.1. The molecule has 1 saturated heterocycles. The Kier molecular flexibility index (Phi) is 4.83. The van der Waals surface area contributed by atoms with Gasteiger partial charge in [-0.2, -0.15) is 0 Å². The van der Waals surface area contributed by atoms with Crippen LogP contribution in [0.4, 0.5) is 5.95 Å². The molecule has 8 nitrogen and oxygen atoms in total. The normalized spacial score (nSPS) is 20.3. The first-order chi connectivity index (χ1) is 14.3. The first-order valence-corrected chi connectivity index (χ1v) is 10.4. The molecule has 2 fully saturated rings. The first kappa shape index (κ1) is 18.0. The molecule has 1 aliphatic heterocycles. The number of hydrogen-bond donors (Lipinski definition) is 1. The Bertz CT molecular complexity index is 997. The summed E-state index contributed by atoms with van der Waals surface area (Å²) >= 11 is 0. The van der Waals surface area contributed by atoms with Gasteiger partial charge in [0.2, 0.25) is 5.95 Å². The Morgan fingerprint density at radius 3 is 2.69 bits per heavy atom. The molecule has 0 aromatic carbocycles. The van der Waals surface area contributed by atoms with Crippen LogP contribution in [-0.4, -0.2) is 49.5 Å². The number of carbonyl (C=O) groups excluding carboxylic acids is 1. The zero-order chi connectivity index (χ0) is 19.6. The Hall–Kier alpha value is -3.03. The summed E-state index contributed by atoms with van der Waals surface area (Å²) < 4.78 is 2.17. The second kappa shape index (κ2) is 7.77. The lowest BCUT2D eigenvalue weighted by Gasteiger charge is -2.33. The lowest BCUT2D eigenvalue weighted by molar-refractivity contribution is 0.0933. The number of carbonyl (C=O) groups is 1. The van der Waals surface area contributed by atoms with E-state index in [9.17, 15) is 4.79 Å². The van der Waals surface area contributed by atoms with E-state index in [0.29, 0.717) is 24.1 Å². The molecule has 1 unspecified atom stereocenters. The number of amides is 1. The summed E-state index contributed by atoms with van der Waals surface area (Å²) in [5.74, 6) is 0.614. The predicted molar refractivity (Wildman–Crippen MR) is 110 cm³/mol. The van der Waals surface area contributed by atoms with E-state index in [1.807, 2.05) is 18.5 Å². The summed E-state index contributed by atoms with van der Waals surface area (Å²) in [6.07, 6.45) is 13.9. The number of imidazole rings is 1. The number of pyridine rings is 1. The summed E-state index contributed by atoms with van der Waals surface area (Å²) in [6.45, 7) is 1.62. The van der Waals surface area contributed by atoms with Crippen molar-refractivity contribution in [2.45, 2.75) is 50.6 Å². The van der Waals surface area contributed by atoms with Gasteiger partial charge in [0.05, 0.1) is 11.9 Å². The summed E-state index contributed by atoms with van der Waals surface area (Å²) in [7, 11) is 0. The topological polar surface area (TPSA) is 88.8 Å². The van der Waals surface area contributed by atoms with Crippen LogP contribution >= 0.6 is 0 Å². The molecule has 1 aliphatic carbocycles. The molecule has 150 valence electrons. The number of fused-ring (bicyclic) bond motifs is 1. The second-order valence-electron chi connectivity index (χ2n) is 7.96. The van der Waals surface area contributed by atoms with Crippen LogP contribution in [0, 0.1) is 0 Å². The number of rotatable bonds is 4. The van der Waals surface area contributed by atoms with Gasteiger partial charge < -0.3 is 14.8 Å². The minimum absolute atomic E-state index is 0.0619. The summed E-state index contributed by atoms with van der Waals surface area (Å²) in [6, 6.07) is 4.21. The van der Waals surface area contributed by atoms with Crippen molar-refractivity contribution in [3.63, 3.8) is 0 Å². The standard InChI is InChI=1S/C21H25N7O/c29-20(26-16-5-3-10-27(13-16)21-22-8-4-9-23-21)15-11-18-19(24-12-15)28(14-25-18)17-6-1-2-7-17/h4,8-9,11-12,14,16-17H,1-3,5-7,10,13H2,(H,26,29). The molecular weight excluding hydrogens is 366 g/mol. The zero-order valence-electron chi connectivity index (χ0n) is 16.4. The lowest BCUT2D eigenvalue weighted by Crippen LogP contribution is -2.48. The smallest absolute Gasteiger partial charge is 0.253 e. The maximum absolute atomic E-state index is 12.8. The molecular formula is C21H25N7O. The van der Waals surface area contributed by atoms with E-state index in [0.717, 1.165) is 30.6 Å². The summed E-state index contributed by atoms with van der Waals surface area (Å²) in [5, 5.41) is 3.15. The van der Waals surface area contributed by atoms with Crippen molar-refractivity contribution in [2.24, 2.45) is 0 Å². The van der Waals surface area contributed by atoms with Crippen molar-refractivity contribution in [1.29, 1.82) is 0 Å². The fourth-order valence-electron chi connectivity index (χ4n) is 4.49. The molecule has 4 heterocycles. The Morgan fingerprint density at radius 1 is 1.03 bits per heavy atom. The van der Waals surface area contributed by atoms with Crippen molar-refractivity contribution in [3.05, 3.63) is 42.6 Å². The van der Waals surface area contributed by atoms with Gasteiger partial charge in [-0.05, 0) is 37.8 Å². The highest BCUT2D eigenvalue weighted by atomic mass is 16.1. The third-order valence-corrected chi connectivity index (χ3v) is 5.98. The van der Waals surface area contributed by atoms with Crippen LogP contribution in [0.25, 0.3) is 11.2 Å². The van der Waals surface area contributed by atoms with Crippen molar-refractivity contribution in [1.82, 2.24) is 29.8 Å². The number of nitrogens with one attached hydrogen (secondary N) is 1. The number of nitrogens with zero attached hydrogens (tertiary/aromatic N) is 6. The number of anilines is 1. The molecule has 3 aromatic heterocycles. The fraction of sp³-hybridized carbons (Fsp3) is 0.476. The molecule has 1 saturated carbocycles. The van der Waals surface area contributed by atoms with Crippen LogP contribution < -0.4 is 10.2 Å². The fourth-order valence-corrected chi connectivity index (χ4v) is 4.49. The molecule has 1 amide bonds. The van der Waals surface area contributed by atoms with E-state index < -0.39 is 0 Å². The van der Waals surface area contributed by atoms with Gasteiger partial charge in [0.15, 0.2) is 5.65 Å². The highest BCUT2D eigenvalue weighted by Crippen LogP contribution is 2.31. The van der Waals surface area contributed by atoms with Crippen LogP contribution in [0.3, 0.4) is 0 Å². The van der Waals surface area contributed by atoms with Crippen molar-refractivity contribution in [2.75, 3.05) is 18.0 Å². The molecule has 2 aliphatic rings. The monoisotopic (exact) mass is 391 g/mol. The maximum Gasteiger partial charge on any atom is 0.253 e. The van der Waals surface area contributed by atoms with Crippen molar-refractivity contribution in [3.8, 4) is 0 Å². The van der Waals surface area contributed by atoms with Crippen LogP contribution in [0.2, 0.25) is 0 Å². The zero-order valence-corrected chi connectivity index (χ0v) is 16.4. The Labute approximate surface area is 169 Å². The molecule has 29 heavy (non-hydrogen) atoms. The van der Waals surface area contributed by atoms with Gasteiger partial charge in [-0.25, -0.2) is 19.9 Å². The van der Waals surface area contributed by atoms with E-state index in [1.165, 1.54) is 25.7 Å². The molecule has 3 aromatic rings. The molecule has 0 radical (unpaired) electrons. The van der Waals surface area contributed by atoms with E-state index in [1.54, 1.807) is 18.6 Å². The summed E-state index contributed by atoms with van der Waals surface area (Å²) in [5.41, 5.74) is 2.22. The first-order valence-electron chi connectivity index (χ1n) is 10.4. The van der Waals surface area contributed by atoms with Crippen molar-refractivity contribution >= 4 is 23.0 Å². The van der Waals surface area contributed by atoms with Gasteiger partial charge in [-0.3, -0.25) is 4.79 Å². The third kappa shape index (κ3) is 3.66. The summed E-state index contributed by atoms with van der Waals surface area (Å²) in [4.78, 5) is 32.7. The van der Waals surface area contributed by atoms with Gasteiger partial charge >= 0.3 is 0 Å². The molecule has 1 N–H and O–H groups in total. The molecule has 0 spiro atoms. The minimum Gasteiger partial charge on any atom is -0.347 e. The van der Waals surface area contributed by atoms with Crippen LogP contribution in [0.15, 0.2) is 37.1 Å². The maximum atomic E-state index is 12.8. The number of hydrogen-bond acceptors (Lipinski definition) is 6. The predicted octanol–water partition coefficient (Wildman–Crippen LogP) is 2.74. The SMILES string of the molecule is O=C(NC1CCCN(c2ncccn2)C1)c1cnc2c(c1)ncn2C1CCCC1. The Balaban J connectivity index is 1.28. The van der Waals surface area contributed by atoms with Gasteiger partial charge in [-0.1, -0.05) is 12.8 Å². The van der Waals surface area contributed by atoms with Gasteiger partial charge in [0.1, 0.15) is 5.52 Å². The Morgan fingerprint density at radius 2 is 1.86 bits per heavy atom. The highest BCUT2D eigenvalue weighted by Gasteiger charge is 2.24. The van der Waals surface area contributed by atoms with Crippen LogP contribution in [0.5, 0.6) is 0 Å². The van der Waals surface area contributed by atoms with Gasteiger partial charge in [-0.15, -0.1) is 0 Å². The second-order valence-corrected chi connectivity index (χ2v) is 7.96.